The second-order valence-corrected chi connectivity index (χ2v) is 4.68. The minimum absolute atomic E-state index is 0.267. The standard InChI is InChI=1S/C10H22N2O4/c1-11(2)3-4-12-5-7(13)9(15)10(16)8(14)6-12/h7-10,13-16H,3-6H2,1-2H3/t7-,8+,9+,10-. The molecule has 4 atom stereocenters. The number of aliphatic hydroxyl groups excluding tert-OH is 4. The Morgan fingerprint density at radius 1 is 1.00 bits per heavy atom. The number of hydrogen-bond acceptors (Lipinski definition) is 6. The average Bonchev–Trinajstić information content (AvgIpc) is 2.30. The van der Waals surface area contributed by atoms with Gasteiger partial charge in [-0.1, -0.05) is 0 Å². The van der Waals surface area contributed by atoms with Crippen LogP contribution in [0.1, 0.15) is 0 Å². The molecule has 1 rings (SSSR count). The summed E-state index contributed by atoms with van der Waals surface area (Å²) in [5.74, 6) is 0. The van der Waals surface area contributed by atoms with Gasteiger partial charge in [-0.05, 0) is 14.1 Å². The highest BCUT2D eigenvalue weighted by molar-refractivity contribution is 4.88. The van der Waals surface area contributed by atoms with Crippen molar-refractivity contribution in [3.63, 3.8) is 0 Å². The third-order valence-electron chi connectivity index (χ3n) is 2.89. The van der Waals surface area contributed by atoms with E-state index in [-0.39, 0.29) is 13.1 Å². The molecule has 1 fully saturated rings. The molecule has 6 heteroatoms. The Balaban J connectivity index is 2.54. The molecule has 0 amide bonds. The number of hydrogen-bond donors (Lipinski definition) is 4. The fourth-order valence-electron chi connectivity index (χ4n) is 1.80. The SMILES string of the molecule is CN(C)CCN1C[C@@H](O)[C@H](O)[C@H](O)[C@@H](O)C1. The highest BCUT2D eigenvalue weighted by Gasteiger charge is 2.35. The van der Waals surface area contributed by atoms with Crippen molar-refractivity contribution in [3.05, 3.63) is 0 Å². The third-order valence-corrected chi connectivity index (χ3v) is 2.89. The molecule has 0 aromatic heterocycles. The summed E-state index contributed by atoms with van der Waals surface area (Å²) < 4.78 is 0. The molecular formula is C10H22N2O4. The van der Waals surface area contributed by atoms with E-state index in [1.54, 1.807) is 0 Å². The quantitative estimate of drug-likeness (QED) is 0.425. The summed E-state index contributed by atoms with van der Waals surface area (Å²) >= 11 is 0. The Labute approximate surface area is 95.7 Å². The Morgan fingerprint density at radius 2 is 1.44 bits per heavy atom. The first kappa shape index (κ1) is 13.8. The molecule has 0 aliphatic carbocycles. The largest absolute Gasteiger partial charge is 0.389 e. The van der Waals surface area contributed by atoms with E-state index in [1.807, 2.05) is 23.9 Å². The summed E-state index contributed by atoms with van der Waals surface area (Å²) in [6.45, 7) is 2.01. The zero-order chi connectivity index (χ0) is 12.3. The fraction of sp³-hybridized carbons (Fsp3) is 1.00. The molecule has 16 heavy (non-hydrogen) atoms. The number of nitrogens with zero attached hydrogens (tertiary/aromatic N) is 2. The van der Waals surface area contributed by atoms with Gasteiger partial charge in [0.05, 0.1) is 12.2 Å². The van der Waals surface area contributed by atoms with Gasteiger partial charge in [0.25, 0.3) is 0 Å². The van der Waals surface area contributed by atoms with E-state index >= 15 is 0 Å². The van der Waals surface area contributed by atoms with Crippen LogP contribution in [0.15, 0.2) is 0 Å². The van der Waals surface area contributed by atoms with Crippen LogP contribution in [0.3, 0.4) is 0 Å². The topological polar surface area (TPSA) is 87.4 Å². The second kappa shape index (κ2) is 5.90. The van der Waals surface area contributed by atoms with Gasteiger partial charge in [0.1, 0.15) is 12.2 Å². The predicted octanol–water partition coefficient (Wildman–Crippen LogP) is -2.69. The van der Waals surface area contributed by atoms with Crippen LogP contribution in [-0.2, 0) is 0 Å². The lowest BCUT2D eigenvalue weighted by atomic mass is 10.1. The zero-order valence-electron chi connectivity index (χ0n) is 9.82. The van der Waals surface area contributed by atoms with Crippen LogP contribution < -0.4 is 0 Å². The first-order valence-electron chi connectivity index (χ1n) is 5.51. The molecule has 4 N–H and O–H groups in total. The molecule has 0 aromatic rings. The molecule has 1 saturated heterocycles. The fourth-order valence-corrected chi connectivity index (χ4v) is 1.80. The minimum Gasteiger partial charge on any atom is -0.389 e. The maximum Gasteiger partial charge on any atom is 0.110 e. The summed E-state index contributed by atoms with van der Waals surface area (Å²) in [6.07, 6.45) is -4.60. The lowest BCUT2D eigenvalue weighted by molar-refractivity contribution is -0.0894. The van der Waals surface area contributed by atoms with Crippen LogP contribution in [0.25, 0.3) is 0 Å². The number of likely N-dealkylation sites (tertiary alicyclic amines) is 1. The van der Waals surface area contributed by atoms with Gasteiger partial charge in [0, 0.05) is 26.2 Å². The van der Waals surface area contributed by atoms with Crippen LogP contribution >= 0.6 is 0 Å². The molecule has 96 valence electrons. The van der Waals surface area contributed by atoms with Gasteiger partial charge < -0.3 is 25.3 Å². The molecule has 0 spiro atoms. The van der Waals surface area contributed by atoms with Gasteiger partial charge in [-0.3, -0.25) is 4.90 Å². The van der Waals surface area contributed by atoms with E-state index in [2.05, 4.69) is 0 Å². The van der Waals surface area contributed by atoms with Crippen molar-refractivity contribution in [2.24, 2.45) is 0 Å². The predicted molar refractivity (Wildman–Crippen MR) is 59.0 cm³/mol. The first-order chi connectivity index (χ1) is 7.41. The van der Waals surface area contributed by atoms with E-state index in [0.29, 0.717) is 6.54 Å². The lowest BCUT2D eigenvalue weighted by Gasteiger charge is -2.24. The highest BCUT2D eigenvalue weighted by Crippen LogP contribution is 2.13. The number of likely N-dealkylation sites (N-methyl/N-ethyl adjacent to an activating group) is 1. The van der Waals surface area contributed by atoms with Crippen molar-refractivity contribution in [3.8, 4) is 0 Å². The van der Waals surface area contributed by atoms with Gasteiger partial charge in [-0.15, -0.1) is 0 Å². The van der Waals surface area contributed by atoms with Gasteiger partial charge >= 0.3 is 0 Å². The Morgan fingerprint density at radius 3 is 1.81 bits per heavy atom. The minimum atomic E-state index is -1.28. The molecule has 0 unspecified atom stereocenters. The van der Waals surface area contributed by atoms with Gasteiger partial charge in [-0.25, -0.2) is 0 Å². The summed E-state index contributed by atoms with van der Waals surface area (Å²) in [5, 5.41) is 38.2. The Kier molecular flexibility index (Phi) is 5.10. The maximum absolute atomic E-state index is 9.61. The van der Waals surface area contributed by atoms with Crippen molar-refractivity contribution in [2.45, 2.75) is 24.4 Å². The monoisotopic (exact) mass is 234 g/mol. The van der Waals surface area contributed by atoms with Crippen LogP contribution in [0.5, 0.6) is 0 Å². The molecule has 0 radical (unpaired) electrons. The molecule has 1 aliphatic heterocycles. The maximum atomic E-state index is 9.61. The van der Waals surface area contributed by atoms with E-state index in [0.717, 1.165) is 6.54 Å². The number of β-amino-alcohol motifs (C(OH)–C–C–N with tert-alkyl or cyclic N) is 2. The molecule has 1 heterocycles. The van der Waals surface area contributed by atoms with Gasteiger partial charge in [0.2, 0.25) is 0 Å². The number of aliphatic hydroxyl groups is 4. The first-order valence-corrected chi connectivity index (χ1v) is 5.51. The van der Waals surface area contributed by atoms with Crippen molar-refractivity contribution < 1.29 is 20.4 Å². The molecule has 0 aromatic carbocycles. The summed E-state index contributed by atoms with van der Waals surface area (Å²) in [5.41, 5.74) is 0. The van der Waals surface area contributed by atoms with Crippen LogP contribution in [0.2, 0.25) is 0 Å². The van der Waals surface area contributed by atoms with Crippen LogP contribution in [0.4, 0.5) is 0 Å². The van der Waals surface area contributed by atoms with E-state index in [4.69, 9.17) is 0 Å². The third kappa shape index (κ3) is 3.65. The van der Waals surface area contributed by atoms with E-state index < -0.39 is 24.4 Å². The van der Waals surface area contributed by atoms with E-state index in [9.17, 15) is 20.4 Å². The van der Waals surface area contributed by atoms with Crippen LogP contribution in [0, 0.1) is 0 Å². The Hall–Kier alpha value is -0.240. The average molecular weight is 234 g/mol. The molecule has 0 bridgehead atoms. The second-order valence-electron chi connectivity index (χ2n) is 4.68. The van der Waals surface area contributed by atoms with Crippen molar-refractivity contribution in [1.29, 1.82) is 0 Å². The highest BCUT2D eigenvalue weighted by atomic mass is 16.4. The van der Waals surface area contributed by atoms with Crippen LogP contribution in [-0.4, -0.2) is 94.9 Å². The molecule has 6 nitrogen and oxygen atoms in total. The van der Waals surface area contributed by atoms with Gasteiger partial charge in [-0.2, -0.15) is 0 Å². The molecular weight excluding hydrogens is 212 g/mol. The molecule has 1 aliphatic rings. The normalized spacial score (nSPS) is 37.7. The zero-order valence-corrected chi connectivity index (χ0v) is 9.82. The van der Waals surface area contributed by atoms with E-state index in [1.165, 1.54) is 0 Å². The van der Waals surface area contributed by atoms with Crippen molar-refractivity contribution >= 4 is 0 Å². The summed E-state index contributed by atoms with van der Waals surface area (Å²) in [7, 11) is 3.88. The number of rotatable bonds is 3. The van der Waals surface area contributed by atoms with Crippen molar-refractivity contribution in [1.82, 2.24) is 9.80 Å². The Bertz CT molecular complexity index is 199. The summed E-state index contributed by atoms with van der Waals surface area (Å²) in [4.78, 5) is 3.84. The summed E-state index contributed by atoms with van der Waals surface area (Å²) in [6, 6.07) is 0. The smallest absolute Gasteiger partial charge is 0.110 e. The lowest BCUT2D eigenvalue weighted by Crippen LogP contribution is -2.43. The van der Waals surface area contributed by atoms with Crippen molar-refractivity contribution in [2.75, 3.05) is 40.3 Å². The molecule has 0 saturated carbocycles. The van der Waals surface area contributed by atoms with Gasteiger partial charge in [0.15, 0.2) is 0 Å².